The fourth-order valence-corrected chi connectivity index (χ4v) is 1.09. The van der Waals surface area contributed by atoms with Crippen LogP contribution >= 0.6 is 0 Å². The van der Waals surface area contributed by atoms with Gasteiger partial charge in [0.05, 0.1) is 12.3 Å². The Hall–Kier alpha value is -2.11. The van der Waals surface area contributed by atoms with Crippen molar-refractivity contribution in [2.45, 2.75) is 12.8 Å². The van der Waals surface area contributed by atoms with Crippen molar-refractivity contribution in [3.63, 3.8) is 0 Å². The molecule has 0 saturated heterocycles. The van der Waals surface area contributed by atoms with Crippen molar-refractivity contribution < 1.29 is 29.0 Å². The van der Waals surface area contributed by atoms with E-state index >= 15 is 0 Å². The highest BCUT2D eigenvalue weighted by atomic mass is 16.6. The molecule has 0 fully saturated rings. The maximum Gasteiger partial charge on any atom is 0.330 e. The maximum atomic E-state index is 11.3. The molecule has 0 rings (SSSR count). The summed E-state index contributed by atoms with van der Waals surface area (Å²) in [5, 5.41) is 8.79. The van der Waals surface area contributed by atoms with E-state index in [4.69, 9.17) is 9.84 Å². The molecule has 6 nitrogen and oxygen atoms in total. The summed E-state index contributed by atoms with van der Waals surface area (Å²) in [5.41, 5.74) is 0. The van der Waals surface area contributed by atoms with Gasteiger partial charge in [-0.15, -0.1) is 6.58 Å². The number of allylic oxidation sites excluding steroid dienone is 1. The zero-order valence-corrected chi connectivity index (χ0v) is 9.96. The molecule has 1 unspecified atom stereocenters. The number of esters is 2. The smallest absolute Gasteiger partial charge is 0.330 e. The molecule has 0 aliphatic heterocycles. The monoisotopic (exact) mass is 256 g/mol. The lowest BCUT2D eigenvalue weighted by Crippen LogP contribution is -2.20. The topological polar surface area (TPSA) is 89.9 Å². The third kappa shape index (κ3) is 7.21. The number of aliphatic carboxylic acids is 1. The van der Waals surface area contributed by atoms with Gasteiger partial charge in [0.25, 0.3) is 0 Å². The van der Waals surface area contributed by atoms with Crippen molar-refractivity contribution in [2.75, 3.05) is 13.2 Å². The third-order valence-electron chi connectivity index (χ3n) is 1.97. The van der Waals surface area contributed by atoms with Crippen LogP contribution < -0.4 is 0 Å². The average Bonchev–Trinajstić information content (AvgIpc) is 2.33. The molecular formula is C12H16O6. The van der Waals surface area contributed by atoms with Crippen LogP contribution in [0.25, 0.3) is 0 Å². The van der Waals surface area contributed by atoms with Gasteiger partial charge in [0.2, 0.25) is 0 Å². The number of carbonyl (C=O) groups is 3. The molecule has 1 atom stereocenters. The standard InChI is InChI=1S/C12H16O6/c1-3-5-9(12(15)16)8-11(14)18-7-6-17-10(13)4-2/h3-4,9H,1-2,5-8H2,(H,15,16). The van der Waals surface area contributed by atoms with E-state index in [1.807, 2.05) is 0 Å². The average molecular weight is 256 g/mol. The van der Waals surface area contributed by atoms with Crippen LogP contribution in [0.2, 0.25) is 0 Å². The predicted octanol–water partition coefficient (Wildman–Crippen LogP) is 0.926. The lowest BCUT2D eigenvalue weighted by molar-refractivity contribution is -0.154. The van der Waals surface area contributed by atoms with Gasteiger partial charge in [0.1, 0.15) is 13.2 Å². The van der Waals surface area contributed by atoms with Gasteiger partial charge >= 0.3 is 17.9 Å². The molecule has 0 aromatic carbocycles. The molecule has 0 amide bonds. The number of hydrogen-bond acceptors (Lipinski definition) is 5. The number of carboxylic acids is 1. The minimum atomic E-state index is -1.08. The maximum absolute atomic E-state index is 11.3. The first-order valence-electron chi connectivity index (χ1n) is 5.29. The first-order valence-corrected chi connectivity index (χ1v) is 5.29. The summed E-state index contributed by atoms with van der Waals surface area (Å²) in [6.45, 7) is 6.41. The van der Waals surface area contributed by atoms with E-state index in [0.29, 0.717) is 0 Å². The van der Waals surface area contributed by atoms with Gasteiger partial charge in [-0.3, -0.25) is 9.59 Å². The summed E-state index contributed by atoms with van der Waals surface area (Å²) in [4.78, 5) is 32.7. The molecule has 18 heavy (non-hydrogen) atoms. The first-order chi connectivity index (χ1) is 8.51. The number of rotatable bonds is 9. The van der Waals surface area contributed by atoms with Gasteiger partial charge < -0.3 is 14.6 Å². The lowest BCUT2D eigenvalue weighted by atomic mass is 10.0. The van der Waals surface area contributed by atoms with Crippen LogP contribution in [0.3, 0.4) is 0 Å². The summed E-state index contributed by atoms with van der Waals surface area (Å²) in [5.74, 6) is -3.18. The normalized spacial score (nSPS) is 11.1. The Morgan fingerprint density at radius 3 is 2.28 bits per heavy atom. The molecule has 0 aromatic heterocycles. The zero-order valence-electron chi connectivity index (χ0n) is 9.96. The van der Waals surface area contributed by atoms with E-state index in [2.05, 4.69) is 17.9 Å². The molecule has 0 radical (unpaired) electrons. The predicted molar refractivity (Wildman–Crippen MR) is 62.7 cm³/mol. The summed E-state index contributed by atoms with van der Waals surface area (Å²) in [6, 6.07) is 0. The molecule has 0 aliphatic carbocycles. The van der Waals surface area contributed by atoms with Gasteiger partial charge in [-0.25, -0.2) is 4.79 Å². The third-order valence-corrected chi connectivity index (χ3v) is 1.97. The Balaban J connectivity index is 3.88. The minimum Gasteiger partial charge on any atom is -0.481 e. The van der Waals surface area contributed by atoms with E-state index in [1.165, 1.54) is 6.08 Å². The molecule has 100 valence electrons. The summed E-state index contributed by atoms with van der Waals surface area (Å²) in [6.07, 6.45) is 2.37. The van der Waals surface area contributed by atoms with Crippen LogP contribution in [-0.4, -0.2) is 36.2 Å². The van der Waals surface area contributed by atoms with Gasteiger partial charge in [0, 0.05) is 6.08 Å². The fraction of sp³-hybridized carbons (Fsp3) is 0.417. The number of ether oxygens (including phenoxy) is 2. The van der Waals surface area contributed by atoms with E-state index in [0.717, 1.165) is 6.08 Å². The molecule has 0 aromatic rings. The van der Waals surface area contributed by atoms with Crippen LogP contribution in [-0.2, 0) is 23.9 Å². The van der Waals surface area contributed by atoms with Crippen LogP contribution in [0.5, 0.6) is 0 Å². The quantitative estimate of drug-likeness (QED) is 0.285. The van der Waals surface area contributed by atoms with Gasteiger partial charge in [-0.1, -0.05) is 12.7 Å². The molecule has 6 heteroatoms. The van der Waals surface area contributed by atoms with Crippen molar-refractivity contribution in [2.24, 2.45) is 5.92 Å². The Bertz CT molecular complexity index is 333. The number of hydrogen-bond donors (Lipinski definition) is 1. The highest BCUT2D eigenvalue weighted by molar-refractivity contribution is 5.81. The van der Waals surface area contributed by atoms with Gasteiger partial charge in [0.15, 0.2) is 0 Å². The van der Waals surface area contributed by atoms with Crippen LogP contribution in [0.4, 0.5) is 0 Å². The minimum absolute atomic E-state index is 0.0875. The SMILES string of the molecule is C=CCC(CC(=O)OCCOC(=O)C=C)C(=O)O. The Morgan fingerprint density at radius 1 is 1.17 bits per heavy atom. The Morgan fingerprint density at radius 2 is 1.78 bits per heavy atom. The zero-order chi connectivity index (χ0) is 14.0. The summed E-state index contributed by atoms with van der Waals surface area (Å²) < 4.78 is 9.29. The van der Waals surface area contributed by atoms with Crippen molar-refractivity contribution in [3.05, 3.63) is 25.3 Å². The largest absolute Gasteiger partial charge is 0.481 e. The Kier molecular flexibility index (Phi) is 7.92. The Labute approximate surface area is 105 Å². The van der Waals surface area contributed by atoms with Gasteiger partial charge in [-0.2, -0.15) is 0 Å². The molecule has 1 N–H and O–H groups in total. The van der Waals surface area contributed by atoms with E-state index in [-0.39, 0.29) is 26.1 Å². The lowest BCUT2D eigenvalue weighted by Gasteiger charge is -2.09. The van der Waals surface area contributed by atoms with Crippen LogP contribution in [0.15, 0.2) is 25.3 Å². The van der Waals surface area contributed by atoms with Crippen molar-refractivity contribution in [1.29, 1.82) is 0 Å². The van der Waals surface area contributed by atoms with E-state index < -0.39 is 23.8 Å². The summed E-state index contributed by atoms with van der Waals surface area (Å²) in [7, 11) is 0. The van der Waals surface area contributed by atoms with Crippen LogP contribution in [0.1, 0.15) is 12.8 Å². The number of carboxylic acid groups (broad SMARTS) is 1. The van der Waals surface area contributed by atoms with E-state index in [1.54, 1.807) is 0 Å². The summed E-state index contributed by atoms with van der Waals surface area (Å²) >= 11 is 0. The molecular weight excluding hydrogens is 240 g/mol. The second kappa shape index (κ2) is 8.98. The molecule has 0 heterocycles. The number of carbonyl (C=O) groups excluding carboxylic acids is 2. The molecule has 0 bridgehead atoms. The second-order valence-corrected chi connectivity index (χ2v) is 3.36. The highest BCUT2D eigenvalue weighted by Gasteiger charge is 2.20. The molecule has 0 spiro atoms. The molecule has 0 saturated carbocycles. The van der Waals surface area contributed by atoms with Gasteiger partial charge in [-0.05, 0) is 6.42 Å². The fourth-order valence-electron chi connectivity index (χ4n) is 1.09. The second-order valence-electron chi connectivity index (χ2n) is 3.36. The highest BCUT2D eigenvalue weighted by Crippen LogP contribution is 2.10. The first kappa shape index (κ1) is 15.9. The molecule has 0 aliphatic rings. The van der Waals surface area contributed by atoms with Crippen molar-refractivity contribution >= 4 is 17.9 Å². The van der Waals surface area contributed by atoms with Crippen molar-refractivity contribution in [1.82, 2.24) is 0 Å². The van der Waals surface area contributed by atoms with Crippen LogP contribution in [0, 0.1) is 5.92 Å². The van der Waals surface area contributed by atoms with E-state index in [9.17, 15) is 14.4 Å². The van der Waals surface area contributed by atoms with Crippen molar-refractivity contribution in [3.8, 4) is 0 Å².